The van der Waals surface area contributed by atoms with E-state index >= 15 is 0 Å². The number of carbonyl (C=O) groups excluding carboxylic acids is 1. The fraction of sp³-hybridized carbons (Fsp3) is 0.0625. The van der Waals surface area contributed by atoms with Gasteiger partial charge in [-0.2, -0.15) is 0 Å². The molecule has 4 nitrogen and oxygen atoms in total. The van der Waals surface area contributed by atoms with E-state index in [4.69, 9.17) is 51.1 Å². The molecule has 0 spiro atoms. The SMILES string of the molecule is O=C(COc1c(Cl)nc(Cl)nc1Cl)c1cccc2cccc(Cl)c12. The number of rotatable bonds is 4. The second kappa shape index (κ2) is 7.11. The molecule has 0 fully saturated rings. The van der Waals surface area contributed by atoms with Gasteiger partial charge in [-0.1, -0.05) is 65.1 Å². The van der Waals surface area contributed by atoms with Crippen LogP contribution in [-0.2, 0) is 0 Å². The van der Waals surface area contributed by atoms with Gasteiger partial charge >= 0.3 is 0 Å². The van der Waals surface area contributed by atoms with Crippen molar-refractivity contribution in [1.29, 1.82) is 0 Å². The van der Waals surface area contributed by atoms with Gasteiger partial charge in [-0.05, 0) is 23.1 Å². The molecule has 0 bridgehead atoms. The van der Waals surface area contributed by atoms with Crippen molar-refractivity contribution in [3.63, 3.8) is 0 Å². The Morgan fingerprint density at radius 1 is 0.958 bits per heavy atom. The summed E-state index contributed by atoms with van der Waals surface area (Å²) in [6.45, 7) is -0.297. The van der Waals surface area contributed by atoms with Crippen LogP contribution < -0.4 is 4.74 Å². The molecule has 1 aromatic heterocycles. The smallest absolute Gasteiger partial charge is 0.225 e. The summed E-state index contributed by atoms with van der Waals surface area (Å²) >= 11 is 23.7. The Morgan fingerprint density at radius 2 is 1.58 bits per heavy atom. The second-order valence-corrected chi connectivity index (χ2v) is 6.22. The Morgan fingerprint density at radius 3 is 2.25 bits per heavy atom. The van der Waals surface area contributed by atoms with Crippen molar-refractivity contribution in [2.75, 3.05) is 6.61 Å². The molecule has 0 atom stereocenters. The lowest BCUT2D eigenvalue weighted by Gasteiger charge is -2.10. The first-order valence-electron chi connectivity index (χ1n) is 6.69. The zero-order chi connectivity index (χ0) is 17.3. The Bertz CT molecular complexity index is 918. The van der Waals surface area contributed by atoms with E-state index < -0.39 is 0 Å². The first-order valence-corrected chi connectivity index (χ1v) is 8.20. The standard InChI is InChI=1S/C16H8Cl4N2O2/c17-10-6-2-4-8-3-1-5-9(12(8)10)11(23)7-24-13-14(18)21-16(20)22-15(13)19/h1-6H,7H2. The molecule has 8 heteroatoms. The summed E-state index contributed by atoms with van der Waals surface area (Å²) in [6.07, 6.45) is 0. The van der Waals surface area contributed by atoms with Crippen molar-refractivity contribution < 1.29 is 9.53 Å². The number of nitrogens with zero attached hydrogens (tertiary/aromatic N) is 2. The molecule has 0 unspecified atom stereocenters. The molecule has 122 valence electrons. The Hall–Kier alpha value is -1.59. The number of aromatic nitrogens is 2. The third-order valence-electron chi connectivity index (χ3n) is 3.26. The molecule has 0 aliphatic rings. The highest BCUT2D eigenvalue weighted by atomic mass is 35.5. The molecule has 0 N–H and O–H groups in total. The molecule has 3 aromatic rings. The van der Waals surface area contributed by atoms with E-state index in [2.05, 4.69) is 9.97 Å². The van der Waals surface area contributed by atoms with Crippen LogP contribution in [0.4, 0.5) is 0 Å². The van der Waals surface area contributed by atoms with Crippen molar-refractivity contribution in [3.05, 3.63) is 62.6 Å². The van der Waals surface area contributed by atoms with Crippen LogP contribution in [0.3, 0.4) is 0 Å². The van der Waals surface area contributed by atoms with Gasteiger partial charge < -0.3 is 4.74 Å². The first kappa shape index (κ1) is 17.2. The number of hydrogen-bond acceptors (Lipinski definition) is 4. The molecule has 3 rings (SSSR count). The summed E-state index contributed by atoms with van der Waals surface area (Å²) in [6, 6.07) is 10.8. The molecule has 0 aliphatic carbocycles. The van der Waals surface area contributed by atoms with Crippen molar-refractivity contribution in [1.82, 2.24) is 9.97 Å². The fourth-order valence-corrected chi connectivity index (χ4v) is 3.27. The molecule has 2 aromatic carbocycles. The zero-order valence-electron chi connectivity index (χ0n) is 11.9. The molecular formula is C16H8Cl4N2O2. The van der Waals surface area contributed by atoms with Crippen LogP contribution in [0.2, 0.25) is 20.6 Å². The molecule has 1 heterocycles. The van der Waals surface area contributed by atoms with Crippen LogP contribution in [0, 0.1) is 0 Å². The summed E-state index contributed by atoms with van der Waals surface area (Å²) in [7, 11) is 0. The topological polar surface area (TPSA) is 52.1 Å². The maximum Gasteiger partial charge on any atom is 0.225 e. The van der Waals surface area contributed by atoms with E-state index in [1.165, 1.54) is 0 Å². The van der Waals surface area contributed by atoms with Crippen LogP contribution >= 0.6 is 46.4 Å². The summed E-state index contributed by atoms with van der Waals surface area (Å²) < 4.78 is 5.39. The van der Waals surface area contributed by atoms with Crippen molar-refractivity contribution in [2.45, 2.75) is 0 Å². The molecular weight excluding hydrogens is 394 g/mol. The molecule has 0 aliphatic heterocycles. The number of halogens is 4. The normalized spacial score (nSPS) is 10.8. The minimum atomic E-state index is -0.297. The Balaban J connectivity index is 1.89. The number of ether oxygens (including phenoxy) is 1. The van der Waals surface area contributed by atoms with E-state index in [9.17, 15) is 4.79 Å². The van der Waals surface area contributed by atoms with Crippen LogP contribution in [0.1, 0.15) is 10.4 Å². The van der Waals surface area contributed by atoms with Crippen LogP contribution in [-0.4, -0.2) is 22.4 Å². The maximum absolute atomic E-state index is 12.5. The number of hydrogen-bond donors (Lipinski definition) is 0. The molecule has 0 radical (unpaired) electrons. The lowest BCUT2D eigenvalue weighted by Crippen LogP contribution is -2.13. The average Bonchev–Trinajstić information content (AvgIpc) is 2.53. The number of fused-ring (bicyclic) bond motifs is 1. The van der Waals surface area contributed by atoms with Crippen molar-refractivity contribution in [3.8, 4) is 5.75 Å². The van der Waals surface area contributed by atoms with Gasteiger partial charge in [0.15, 0.2) is 22.7 Å². The minimum Gasteiger partial charge on any atom is -0.479 e. The highest BCUT2D eigenvalue weighted by Crippen LogP contribution is 2.31. The van der Waals surface area contributed by atoms with Gasteiger partial charge in [0.2, 0.25) is 11.1 Å². The van der Waals surface area contributed by atoms with Gasteiger partial charge in [0.1, 0.15) is 0 Å². The van der Waals surface area contributed by atoms with E-state index in [1.54, 1.807) is 18.2 Å². The van der Waals surface area contributed by atoms with Crippen LogP contribution in [0.15, 0.2) is 36.4 Å². The summed E-state index contributed by atoms with van der Waals surface area (Å²) in [5.74, 6) is -0.279. The van der Waals surface area contributed by atoms with E-state index in [-0.39, 0.29) is 33.7 Å². The lowest BCUT2D eigenvalue weighted by molar-refractivity contribution is 0.0923. The molecule has 0 saturated carbocycles. The average molecular weight is 402 g/mol. The predicted octanol–water partition coefficient (Wildman–Crippen LogP) is 5.51. The van der Waals surface area contributed by atoms with Gasteiger partial charge in [0, 0.05) is 16.0 Å². The number of ketones is 1. The summed E-state index contributed by atoms with van der Waals surface area (Å²) in [5, 5.41) is 1.78. The molecule has 24 heavy (non-hydrogen) atoms. The van der Waals surface area contributed by atoms with E-state index in [0.717, 1.165) is 5.39 Å². The quantitative estimate of drug-likeness (QED) is 0.328. The largest absolute Gasteiger partial charge is 0.479 e. The Kier molecular flexibility index (Phi) is 5.11. The fourth-order valence-electron chi connectivity index (χ4n) is 2.24. The van der Waals surface area contributed by atoms with E-state index in [1.807, 2.05) is 18.2 Å². The van der Waals surface area contributed by atoms with Gasteiger partial charge in [0.05, 0.1) is 0 Å². The van der Waals surface area contributed by atoms with E-state index in [0.29, 0.717) is 16.0 Å². The van der Waals surface area contributed by atoms with Gasteiger partial charge in [-0.3, -0.25) is 4.79 Å². The summed E-state index contributed by atoms with van der Waals surface area (Å²) in [4.78, 5) is 20.0. The van der Waals surface area contributed by atoms with Crippen LogP contribution in [0.25, 0.3) is 10.8 Å². The molecule has 0 saturated heterocycles. The van der Waals surface area contributed by atoms with Crippen molar-refractivity contribution in [2.24, 2.45) is 0 Å². The highest BCUT2D eigenvalue weighted by Gasteiger charge is 2.17. The van der Waals surface area contributed by atoms with Gasteiger partial charge in [0.25, 0.3) is 0 Å². The highest BCUT2D eigenvalue weighted by molar-refractivity contribution is 6.38. The third kappa shape index (κ3) is 3.42. The first-order chi connectivity index (χ1) is 11.5. The summed E-state index contributed by atoms with van der Waals surface area (Å²) in [5.41, 5.74) is 0.445. The maximum atomic E-state index is 12.5. The zero-order valence-corrected chi connectivity index (χ0v) is 14.9. The number of benzene rings is 2. The minimum absolute atomic E-state index is 0.00224. The molecule has 0 amide bonds. The second-order valence-electron chi connectivity index (χ2n) is 4.76. The number of carbonyl (C=O) groups is 1. The predicted molar refractivity (Wildman–Crippen MR) is 95.8 cm³/mol. The van der Waals surface area contributed by atoms with Gasteiger partial charge in [-0.15, -0.1) is 0 Å². The Labute approximate surface area is 157 Å². The third-order valence-corrected chi connectivity index (χ3v) is 4.25. The van der Waals surface area contributed by atoms with Crippen molar-refractivity contribution >= 4 is 63.0 Å². The van der Waals surface area contributed by atoms with Crippen LogP contribution in [0.5, 0.6) is 5.75 Å². The monoisotopic (exact) mass is 400 g/mol. The number of Topliss-reactive ketones (excluding diaryl/α,β-unsaturated/α-hetero) is 1. The lowest BCUT2D eigenvalue weighted by atomic mass is 10.0. The van der Waals surface area contributed by atoms with Gasteiger partial charge in [-0.25, -0.2) is 9.97 Å².